The van der Waals surface area contributed by atoms with Crippen molar-refractivity contribution in [3.05, 3.63) is 16.4 Å². The Kier molecular flexibility index (Phi) is 3.76. The fourth-order valence-electron chi connectivity index (χ4n) is 2.47. The van der Waals surface area contributed by atoms with Crippen LogP contribution in [0.2, 0.25) is 5.02 Å². The number of aryl methyl sites for hydroxylation is 2. The molecule has 0 amide bonds. The quantitative estimate of drug-likeness (QED) is 0.917. The number of rotatable bonds is 4. The van der Waals surface area contributed by atoms with Crippen molar-refractivity contribution >= 4 is 23.4 Å². The average Bonchev–Trinajstić information content (AvgIpc) is 2.44. The van der Waals surface area contributed by atoms with Crippen molar-refractivity contribution in [3.8, 4) is 0 Å². The second-order valence-corrected chi connectivity index (χ2v) is 6.41. The highest BCUT2D eigenvalue weighted by molar-refractivity contribution is 8.00. The van der Waals surface area contributed by atoms with Gasteiger partial charge in [0.25, 0.3) is 0 Å². The molecule has 17 heavy (non-hydrogen) atoms. The number of hydrogen-bond acceptors (Lipinski definition) is 3. The molecule has 96 valence electrons. The van der Waals surface area contributed by atoms with Crippen LogP contribution in [0.4, 0.5) is 0 Å². The lowest BCUT2D eigenvalue weighted by Crippen LogP contribution is -2.46. The van der Waals surface area contributed by atoms with Crippen molar-refractivity contribution in [3.63, 3.8) is 0 Å². The van der Waals surface area contributed by atoms with Crippen LogP contribution in [-0.4, -0.2) is 32.0 Å². The van der Waals surface area contributed by atoms with Gasteiger partial charge in [0, 0.05) is 18.2 Å². The van der Waals surface area contributed by atoms with Crippen molar-refractivity contribution in [1.29, 1.82) is 0 Å². The highest BCUT2D eigenvalue weighted by Gasteiger charge is 2.43. The lowest BCUT2D eigenvalue weighted by atomic mass is 9.78. The monoisotopic (exact) mass is 274 g/mol. The summed E-state index contributed by atoms with van der Waals surface area (Å²) in [5.41, 5.74) is 1.78. The lowest BCUT2D eigenvalue weighted by molar-refractivity contribution is 0.0862. The molecule has 5 heteroatoms. The van der Waals surface area contributed by atoms with E-state index in [-0.39, 0.29) is 10.9 Å². The molecule has 1 unspecified atom stereocenters. The summed E-state index contributed by atoms with van der Waals surface area (Å²) in [4.78, 5) is 0. The highest BCUT2D eigenvalue weighted by Crippen LogP contribution is 2.46. The van der Waals surface area contributed by atoms with Gasteiger partial charge in [0.1, 0.15) is 0 Å². The molecule has 0 saturated heterocycles. The molecule has 2 rings (SSSR count). The molecule has 1 aliphatic rings. The number of aliphatic hydroxyl groups excluding tert-OH is 1. The SMILES string of the molecule is CSC1(C(O)Cc2c(Cl)c(C)nn2C)CCC1. The molecule has 1 aromatic heterocycles. The van der Waals surface area contributed by atoms with Crippen LogP contribution in [0, 0.1) is 6.92 Å². The molecule has 0 bridgehead atoms. The minimum atomic E-state index is -0.335. The van der Waals surface area contributed by atoms with Gasteiger partial charge >= 0.3 is 0 Å². The number of nitrogens with zero attached hydrogens (tertiary/aromatic N) is 2. The second kappa shape index (κ2) is 4.82. The summed E-state index contributed by atoms with van der Waals surface area (Å²) in [5.74, 6) is 0. The van der Waals surface area contributed by atoms with E-state index in [9.17, 15) is 5.11 Å². The van der Waals surface area contributed by atoms with Crippen LogP contribution in [0.3, 0.4) is 0 Å². The number of aromatic nitrogens is 2. The van der Waals surface area contributed by atoms with E-state index in [4.69, 9.17) is 11.6 Å². The minimum absolute atomic E-state index is 0.0432. The largest absolute Gasteiger partial charge is 0.391 e. The average molecular weight is 275 g/mol. The fraction of sp³-hybridized carbons (Fsp3) is 0.750. The standard InChI is InChI=1S/C12H19ClN2OS/c1-8-11(13)9(15(2)14-8)7-10(16)12(17-3)5-4-6-12/h10,16H,4-7H2,1-3H3. The molecule has 1 N–H and O–H groups in total. The van der Waals surface area contributed by atoms with Crippen LogP contribution >= 0.6 is 23.4 Å². The smallest absolute Gasteiger partial charge is 0.0847 e. The Labute approximate surface area is 112 Å². The van der Waals surface area contributed by atoms with Gasteiger partial charge in [0.15, 0.2) is 0 Å². The Morgan fingerprint density at radius 3 is 2.59 bits per heavy atom. The molecular formula is C12H19ClN2OS. The molecule has 0 aromatic carbocycles. The van der Waals surface area contributed by atoms with E-state index in [0.717, 1.165) is 24.2 Å². The number of aliphatic hydroxyl groups is 1. The Morgan fingerprint density at radius 1 is 1.59 bits per heavy atom. The third-order valence-corrected chi connectivity index (χ3v) is 5.85. The molecule has 1 aromatic rings. The summed E-state index contributed by atoms with van der Waals surface area (Å²) < 4.78 is 1.83. The van der Waals surface area contributed by atoms with Gasteiger partial charge < -0.3 is 5.11 Å². The van der Waals surface area contributed by atoms with Crippen LogP contribution < -0.4 is 0 Å². The first-order chi connectivity index (χ1) is 8.00. The van der Waals surface area contributed by atoms with Crippen LogP contribution in [0.25, 0.3) is 0 Å². The predicted octanol–water partition coefficient (Wildman–Crippen LogP) is 2.57. The summed E-state index contributed by atoms with van der Waals surface area (Å²) in [6, 6.07) is 0. The second-order valence-electron chi connectivity index (χ2n) is 4.81. The minimum Gasteiger partial charge on any atom is -0.391 e. The molecule has 0 aliphatic heterocycles. The summed E-state index contributed by atoms with van der Waals surface area (Å²) in [6.45, 7) is 1.89. The number of halogens is 1. The maximum atomic E-state index is 10.4. The first-order valence-electron chi connectivity index (χ1n) is 5.91. The maximum Gasteiger partial charge on any atom is 0.0847 e. The van der Waals surface area contributed by atoms with Crippen LogP contribution in [0.15, 0.2) is 0 Å². The van der Waals surface area contributed by atoms with Crippen LogP contribution in [0.1, 0.15) is 30.7 Å². The molecule has 3 nitrogen and oxygen atoms in total. The summed E-state index contributed by atoms with van der Waals surface area (Å²) in [6.07, 6.45) is 5.76. The zero-order valence-electron chi connectivity index (χ0n) is 10.5. The van der Waals surface area contributed by atoms with Crippen molar-refractivity contribution < 1.29 is 5.11 Å². The third-order valence-electron chi connectivity index (χ3n) is 3.86. The normalized spacial score (nSPS) is 20.1. The van der Waals surface area contributed by atoms with E-state index >= 15 is 0 Å². The molecule has 0 spiro atoms. The lowest BCUT2D eigenvalue weighted by Gasteiger charge is -2.44. The molecule has 1 fully saturated rings. The van der Waals surface area contributed by atoms with Gasteiger partial charge in [-0.3, -0.25) is 4.68 Å². The van der Waals surface area contributed by atoms with Gasteiger partial charge in [0.2, 0.25) is 0 Å². The van der Waals surface area contributed by atoms with Gasteiger partial charge in [-0.2, -0.15) is 16.9 Å². The van der Waals surface area contributed by atoms with E-state index in [1.807, 2.05) is 14.0 Å². The van der Waals surface area contributed by atoms with Crippen molar-refractivity contribution in [2.45, 2.75) is 43.5 Å². The van der Waals surface area contributed by atoms with Gasteiger partial charge in [-0.1, -0.05) is 18.0 Å². The van der Waals surface area contributed by atoms with E-state index in [0.29, 0.717) is 11.4 Å². The summed E-state index contributed by atoms with van der Waals surface area (Å²) >= 11 is 7.99. The van der Waals surface area contributed by atoms with E-state index in [2.05, 4.69) is 11.4 Å². The molecule has 1 aliphatic carbocycles. The number of thioether (sulfide) groups is 1. The van der Waals surface area contributed by atoms with E-state index in [1.165, 1.54) is 6.42 Å². The molecule has 0 radical (unpaired) electrons. The third kappa shape index (κ3) is 2.23. The van der Waals surface area contributed by atoms with E-state index < -0.39 is 0 Å². The molecule has 1 atom stereocenters. The van der Waals surface area contributed by atoms with Crippen LogP contribution in [-0.2, 0) is 13.5 Å². The first kappa shape index (κ1) is 13.2. The van der Waals surface area contributed by atoms with Crippen molar-refractivity contribution in [1.82, 2.24) is 9.78 Å². The zero-order chi connectivity index (χ0) is 12.6. The Balaban J connectivity index is 2.15. The topological polar surface area (TPSA) is 38.1 Å². The van der Waals surface area contributed by atoms with Crippen LogP contribution in [0.5, 0.6) is 0 Å². The van der Waals surface area contributed by atoms with Crippen molar-refractivity contribution in [2.24, 2.45) is 7.05 Å². The maximum absolute atomic E-state index is 10.4. The van der Waals surface area contributed by atoms with E-state index in [1.54, 1.807) is 16.4 Å². The molecule has 1 saturated carbocycles. The van der Waals surface area contributed by atoms with Gasteiger partial charge in [-0.25, -0.2) is 0 Å². The highest BCUT2D eigenvalue weighted by atomic mass is 35.5. The fourth-order valence-corrected chi connectivity index (χ4v) is 3.76. The molecular weight excluding hydrogens is 256 g/mol. The predicted molar refractivity (Wildman–Crippen MR) is 72.8 cm³/mol. The zero-order valence-corrected chi connectivity index (χ0v) is 12.1. The Hall–Kier alpha value is -0.190. The first-order valence-corrected chi connectivity index (χ1v) is 7.51. The molecule has 1 heterocycles. The Bertz CT molecular complexity index is 409. The van der Waals surface area contributed by atoms with Crippen molar-refractivity contribution in [2.75, 3.05) is 6.26 Å². The summed E-state index contributed by atoms with van der Waals surface area (Å²) in [5, 5.41) is 15.4. The van der Waals surface area contributed by atoms with Gasteiger partial charge in [-0.05, 0) is 26.0 Å². The Morgan fingerprint density at radius 2 is 2.24 bits per heavy atom. The summed E-state index contributed by atoms with van der Waals surface area (Å²) in [7, 11) is 1.88. The van der Waals surface area contributed by atoms with Gasteiger partial charge in [0.05, 0.1) is 22.5 Å². The van der Waals surface area contributed by atoms with Gasteiger partial charge in [-0.15, -0.1) is 0 Å². The number of hydrogen-bond donors (Lipinski definition) is 1.